The van der Waals surface area contributed by atoms with Crippen LogP contribution in [-0.2, 0) is 4.79 Å². The van der Waals surface area contributed by atoms with Crippen LogP contribution in [0.25, 0.3) is 0 Å². The van der Waals surface area contributed by atoms with Crippen LogP contribution in [0.3, 0.4) is 0 Å². The highest BCUT2D eigenvalue weighted by Gasteiger charge is 2.15. The van der Waals surface area contributed by atoms with E-state index in [2.05, 4.69) is 17.4 Å². The average molecular weight is 263 g/mol. The average Bonchev–Trinajstić information content (AvgIpc) is 2.41. The lowest BCUT2D eigenvalue weighted by Crippen LogP contribution is -2.36. The van der Waals surface area contributed by atoms with Crippen molar-refractivity contribution >= 4 is 17.7 Å². The zero-order chi connectivity index (χ0) is 12.6. The molecule has 0 aliphatic heterocycles. The number of amides is 1. The number of rotatable bonds is 5. The van der Waals surface area contributed by atoms with Crippen LogP contribution in [0.5, 0.6) is 0 Å². The van der Waals surface area contributed by atoms with Crippen molar-refractivity contribution in [2.24, 2.45) is 0 Å². The van der Waals surface area contributed by atoms with Gasteiger partial charge in [0, 0.05) is 23.1 Å². The van der Waals surface area contributed by atoms with Crippen LogP contribution < -0.4 is 5.32 Å². The number of thioether (sulfide) groups is 1. The third-order valence-electron chi connectivity index (χ3n) is 3.31. The predicted molar refractivity (Wildman–Crippen MR) is 76.8 cm³/mol. The standard InChI is InChI=1S/C15H21NOS/c17-15(16-13-7-3-1-4-8-13)11-12-18-14-9-5-2-6-10-14/h2,5-6,9-10,13H,1,3-4,7-8,11-12H2,(H,16,17). The van der Waals surface area contributed by atoms with Crippen molar-refractivity contribution in [1.29, 1.82) is 0 Å². The first-order valence-corrected chi connectivity index (χ1v) is 7.80. The second-order valence-electron chi connectivity index (χ2n) is 4.81. The van der Waals surface area contributed by atoms with Crippen molar-refractivity contribution in [1.82, 2.24) is 5.32 Å². The van der Waals surface area contributed by atoms with E-state index < -0.39 is 0 Å². The van der Waals surface area contributed by atoms with Gasteiger partial charge >= 0.3 is 0 Å². The molecule has 1 aliphatic rings. The molecule has 1 saturated carbocycles. The molecule has 1 aromatic carbocycles. The number of benzene rings is 1. The summed E-state index contributed by atoms with van der Waals surface area (Å²) in [6, 6.07) is 10.7. The van der Waals surface area contributed by atoms with Crippen molar-refractivity contribution in [2.45, 2.75) is 49.5 Å². The fourth-order valence-corrected chi connectivity index (χ4v) is 3.20. The highest BCUT2D eigenvalue weighted by molar-refractivity contribution is 7.99. The molecule has 1 aliphatic carbocycles. The van der Waals surface area contributed by atoms with E-state index in [0.29, 0.717) is 12.5 Å². The topological polar surface area (TPSA) is 29.1 Å². The molecule has 0 bridgehead atoms. The van der Waals surface area contributed by atoms with Gasteiger partial charge in [0.25, 0.3) is 0 Å². The fraction of sp³-hybridized carbons (Fsp3) is 0.533. The van der Waals surface area contributed by atoms with Crippen molar-refractivity contribution in [2.75, 3.05) is 5.75 Å². The number of carbonyl (C=O) groups is 1. The summed E-state index contributed by atoms with van der Waals surface area (Å²) in [6.45, 7) is 0. The van der Waals surface area contributed by atoms with Crippen LogP contribution >= 0.6 is 11.8 Å². The van der Waals surface area contributed by atoms with E-state index in [1.807, 2.05) is 18.2 Å². The summed E-state index contributed by atoms with van der Waals surface area (Å²) in [5.74, 6) is 1.08. The van der Waals surface area contributed by atoms with Gasteiger partial charge in [0.15, 0.2) is 0 Å². The minimum Gasteiger partial charge on any atom is -0.353 e. The Morgan fingerprint density at radius 3 is 2.61 bits per heavy atom. The molecule has 2 nitrogen and oxygen atoms in total. The Bertz CT molecular complexity index is 360. The summed E-state index contributed by atoms with van der Waals surface area (Å²) in [6.07, 6.45) is 6.81. The van der Waals surface area contributed by atoms with Crippen molar-refractivity contribution < 1.29 is 4.79 Å². The molecule has 1 aromatic rings. The molecule has 1 amide bonds. The van der Waals surface area contributed by atoms with E-state index in [1.165, 1.54) is 24.2 Å². The zero-order valence-electron chi connectivity index (χ0n) is 10.7. The molecule has 1 N–H and O–H groups in total. The molecule has 2 rings (SSSR count). The normalized spacial score (nSPS) is 16.4. The van der Waals surface area contributed by atoms with Crippen molar-refractivity contribution in [3.63, 3.8) is 0 Å². The summed E-state index contributed by atoms with van der Waals surface area (Å²) in [5.41, 5.74) is 0. The van der Waals surface area contributed by atoms with Gasteiger partial charge in [-0.3, -0.25) is 4.79 Å². The van der Waals surface area contributed by atoms with Gasteiger partial charge in [-0.05, 0) is 25.0 Å². The summed E-state index contributed by atoms with van der Waals surface area (Å²) in [7, 11) is 0. The maximum absolute atomic E-state index is 11.8. The third kappa shape index (κ3) is 4.73. The fourth-order valence-electron chi connectivity index (χ4n) is 2.33. The maximum atomic E-state index is 11.8. The molecule has 0 atom stereocenters. The van der Waals surface area contributed by atoms with Gasteiger partial charge in [-0.1, -0.05) is 37.5 Å². The SMILES string of the molecule is O=C(CCSc1ccccc1)NC1CCCCC1. The maximum Gasteiger partial charge on any atom is 0.221 e. The van der Waals surface area contributed by atoms with Crippen LogP contribution in [0.1, 0.15) is 38.5 Å². The lowest BCUT2D eigenvalue weighted by Gasteiger charge is -2.22. The minimum absolute atomic E-state index is 0.213. The largest absolute Gasteiger partial charge is 0.353 e. The second-order valence-corrected chi connectivity index (χ2v) is 5.98. The first-order chi connectivity index (χ1) is 8.84. The molecule has 0 radical (unpaired) electrons. The quantitative estimate of drug-likeness (QED) is 0.822. The number of carbonyl (C=O) groups excluding carboxylic acids is 1. The van der Waals surface area contributed by atoms with Crippen LogP contribution in [0, 0.1) is 0 Å². The molecule has 18 heavy (non-hydrogen) atoms. The predicted octanol–water partition coefficient (Wildman–Crippen LogP) is 3.62. The highest BCUT2D eigenvalue weighted by Crippen LogP contribution is 2.19. The van der Waals surface area contributed by atoms with Gasteiger partial charge in [0.2, 0.25) is 5.91 Å². The molecule has 98 valence electrons. The Hall–Kier alpha value is -0.960. The molecule has 0 spiro atoms. The van der Waals surface area contributed by atoms with E-state index >= 15 is 0 Å². The van der Waals surface area contributed by atoms with E-state index in [0.717, 1.165) is 18.6 Å². The Morgan fingerprint density at radius 1 is 1.17 bits per heavy atom. The summed E-state index contributed by atoms with van der Waals surface area (Å²) in [4.78, 5) is 13.0. The van der Waals surface area contributed by atoms with Gasteiger partial charge in [0.1, 0.15) is 0 Å². The number of hydrogen-bond donors (Lipinski definition) is 1. The highest BCUT2D eigenvalue weighted by atomic mass is 32.2. The first-order valence-electron chi connectivity index (χ1n) is 6.82. The Labute approximate surface area is 114 Å². The molecule has 3 heteroatoms. The summed E-state index contributed by atoms with van der Waals surface area (Å²) >= 11 is 1.75. The van der Waals surface area contributed by atoms with Crippen LogP contribution in [-0.4, -0.2) is 17.7 Å². The third-order valence-corrected chi connectivity index (χ3v) is 4.33. The number of nitrogens with one attached hydrogen (secondary N) is 1. The monoisotopic (exact) mass is 263 g/mol. The Morgan fingerprint density at radius 2 is 1.89 bits per heavy atom. The Balaban J connectivity index is 1.62. The van der Waals surface area contributed by atoms with E-state index in [-0.39, 0.29) is 5.91 Å². The molecule has 0 aromatic heterocycles. The van der Waals surface area contributed by atoms with Crippen molar-refractivity contribution in [3.8, 4) is 0 Å². The van der Waals surface area contributed by atoms with Crippen LogP contribution in [0.2, 0.25) is 0 Å². The molecule has 1 fully saturated rings. The van der Waals surface area contributed by atoms with Gasteiger partial charge in [-0.25, -0.2) is 0 Å². The number of hydrogen-bond acceptors (Lipinski definition) is 2. The van der Waals surface area contributed by atoms with E-state index in [1.54, 1.807) is 11.8 Å². The van der Waals surface area contributed by atoms with Crippen molar-refractivity contribution in [3.05, 3.63) is 30.3 Å². The Kier molecular flexibility index (Phi) is 5.59. The first kappa shape index (κ1) is 13.5. The van der Waals surface area contributed by atoms with Gasteiger partial charge in [0.05, 0.1) is 0 Å². The molecular formula is C15H21NOS. The molecule has 0 saturated heterocycles. The smallest absolute Gasteiger partial charge is 0.221 e. The lowest BCUT2D eigenvalue weighted by atomic mass is 9.95. The second kappa shape index (κ2) is 7.47. The van der Waals surface area contributed by atoms with Gasteiger partial charge in [-0.15, -0.1) is 11.8 Å². The van der Waals surface area contributed by atoms with Crippen LogP contribution in [0.15, 0.2) is 35.2 Å². The molecule has 0 heterocycles. The zero-order valence-corrected chi connectivity index (χ0v) is 11.5. The van der Waals surface area contributed by atoms with Gasteiger partial charge in [-0.2, -0.15) is 0 Å². The molecular weight excluding hydrogens is 242 g/mol. The van der Waals surface area contributed by atoms with Crippen LogP contribution in [0.4, 0.5) is 0 Å². The summed E-state index contributed by atoms with van der Waals surface area (Å²) < 4.78 is 0. The van der Waals surface area contributed by atoms with E-state index in [9.17, 15) is 4.79 Å². The summed E-state index contributed by atoms with van der Waals surface area (Å²) in [5, 5.41) is 3.15. The molecule has 0 unspecified atom stereocenters. The van der Waals surface area contributed by atoms with E-state index in [4.69, 9.17) is 0 Å². The minimum atomic E-state index is 0.213. The van der Waals surface area contributed by atoms with Gasteiger partial charge < -0.3 is 5.32 Å². The lowest BCUT2D eigenvalue weighted by molar-refractivity contribution is -0.121.